The van der Waals surface area contributed by atoms with Gasteiger partial charge in [0.25, 0.3) is 0 Å². The Morgan fingerprint density at radius 3 is 2.63 bits per heavy atom. The van der Waals surface area contributed by atoms with Crippen molar-refractivity contribution in [2.24, 2.45) is 11.1 Å². The standard InChI is InChI=1S/C16H22N2O/c17-15(18)10-16(7-8-16)11-19-14-6-5-12-3-1-2-4-13(12)9-14/h5-6,9H,1-4,7-8,10-11H2,(H3,17,18). The van der Waals surface area contributed by atoms with Crippen LogP contribution in [0.4, 0.5) is 0 Å². The van der Waals surface area contributed by atoms with E-state index in [1.807, 2.05) is 0 Å². The molecule has 3 rings (SSSR count). The van der Waals surface area contributed by atoms with Gasteiger partial charge in [0, 0.05) is 11.8 Å². The monoisotopic (exact) mass is 258 g/mol. The summed E-state index contributed by atoms with van der Waals surface area (Å²) in [5, 5.41) is 7.42. The number of aryl methyl sites for hydroxylation is 2. The Morgan fingerprint density at radius 1 is 1.21 bits per heavy atom. The third-order valence-electron chi connectivity index (χ3n) is 4.39. The number of hydrogen-bond acceptors (Lipinski definition) is 2. The first-order chi connectivity index (χ1) is 9.17. The molecule has 0 saturated heterocycles. The van der Waals surface area contributed by atoms with Crippen LogP contribution < -0.4 is 10.5 Å². The molecule has 0 bridgehead atoms. The van der Waals surface area contributed by atoms with Crippen molar-refractivity contribution < 1.29 is 4.74 Å². The second-order valence-corrected chi connectivity index (χ2v) is 6.13. The summed E-state index contributed by atoms with van der Waals surface area (Å²) in [7, 11) is 0. The Bertz CT molecular complexity index is 492. The normalized spacial score (nSPS) is 19.6. The summed E-state index contributed by atoms with van der Waals surface area (Å²) in [5.74, 6) is 1.27. The first-order valence-corrected chi connectivity index (χ1v) is 7.24. The van der Waals surface area contributed by atoms with Gasteiger partial charge >= 0.3 is 0 Å². The topological polar surface area (TPSA) is 59.1 Å². The lowest BCUT2D eigenvalue weighted by molar-refractivity contribution is 0.238. The summed E-state index contributed by atoms with van der Waals surface area (Å²) >= 11 is 0. The van der Waals surface area contributed by atoms with E-state index in [0.29, 0.717) is 13.0 Å². The summed E-state index contributed by atoms with van der Waals surface area (Å²) in [6.07, 6.45) is 7.96. The van der Waals surface area contributed by atoms with Crippen molar-refractivity contribution in [1.82, 2.24) is 0 Å². The van der Waals surface area contributed by atoms with Crippen LogP contribution in [0.15, 0.2) is 18.2 Å². The van der Waals surface area contributed by atoms with E-state index in [-0.39, 0.29) is 11.3 Å². The van der Waals surface area contributed by atoms with Gasteiger partial charge in [-0.15, -0.1) is 0 Å². The highest BCUT2D eigenvalue weighted by Crippen LogP contribution is 2.48. The highest BCUT2D eigenvalue weighted by atomic mass is 16.5. The van der Waals surface area contributed by atoms with Crippen molar-refractivity contribution in [3.63, 3.8) is 0 Å². The molecule has 1 saturated carbocycles. The molecule has 0 spiro atoms. The summed E-state index contributed by atoms with van der Waals surface area (Å²) in [6.45, 7) is 0.700. The average Bonchev–Trinajstić information content (AvgIpc) is 3.15. The molecule has 0 radical (unpaired) electrons. The van der Waals surface area contributed by atoms with Gasteiger partial charge in [-0.3, -0.25) is 5.41 Å². The minimum Gasteiger partial charge on any atom is -0.493 e. The predicted octanol–water partition coefficient (Wildman–Crippen LogP) is 3.05. The second kappa shape index (κ2) is 4.87. The van der Waals surface area contributed by atoms with E-state index >= 15 is 0 Å². The van der Waals surface area contributed by atoms with E-state index in [1.165, 1.54) is 36.8 Å². The van der Waals surface area contributed by atoms with Gasteiger partial charge in [-0.25, -0.2) is 0 Å². The third-order valence-corrected chi connectivity index (χ3v) is 4.39. The maximum atomic E-state index is 7.42. The molecule has 0 aromatic heterocycles. The van der Waals surface area contributed by atoms with Crippen LogP contribution in [-0.2, 0) is 12.8 Å². The minimum absolute atomic E-state index is 0.155. The van der Waals surface area contributed by atoms with E-state index in [9.17, 15) is 0 Å². The fourth-order valence-corrected chi connectivity index (χ4v) is 2.99. The first kappa shape index (κ1) is 12.5. The number of nitrogens with two attached hydrogens (primary N) is 1. The lowest BCUT2D eigenvalue weighted by atomic mass is 9.92. The van der Waals surface area contributed by atoms with E-state index < -0.39 is 0 Å². The molecule has 2 aliphatic carbocycles. The van der Waals surface area contributed by atoms with E-state index in [1.54, 1.807) is 0 Å². The van der Waals surface area contributed by atoms with Crippen LogP contribution in [0, 0.1) is 10.8 Å². The lowest BCUT2D eigenvalue weighted by Gasteiger charge is -2.19. The fourth-order valence-electron chi connectivity index (χ4n) is 2.99. The van der Waals surface area contributed by atoms with Crippen LogP contribution in [0.25, 0.3) is 0 Å². The van der Waals surface area contributed by atoms with Crippen molar-refractivity contribution in [1.29, 1.82) is 5.41 Å². The van der Waals surface area contributed by atoms with Crippen molar-refractivity contribution in [3.05, 3.63) is 29.3 Å². The maximum Gasteiger partial charge on any atom is 0.119 e. The largest absolute Gasteiger partial charge is 0.493 e. The Balaban J connectivity index is 1.63. The SMILES string of the molecule is N=C(N)CC1(COc2ccc3c(c2)CCCC3)CC1. The average molecular weight is 258 g/mol. The zero-order valence-electron chi connectivity index (χ0n) is 11.4. The van der Waals surface area contributed by atoms with Gasteiger partial charge < -0.3 is 10.5 Å². The molecule has 0 aliphatic heterocycles. The molecule has 0 atom stereocenters. The molecule has 2 aliphatic rings. The van der Waals surface area contributed by atoms with Gasteiger partial charge in [-0.1, -0.05) is 6.07 Å². The number of rotatable bonds is 5. The van der Waals surface area contributed by atoms with Gasteiger partial charge in [-0.05, 0) is 61.8 Å². The molecule has 3 nitrogen and oxygen atoms in total. The molecule has 1 aromatic carbocycles. The lowest BCUT2D eigenvalue weighted by Crippen LogP contribution is -2.21. The number of nitrogens with one attached hydrogen (secondary N) is 1. The zero-order chi connectivity index (χ0) is 13.3. The number of hydrogen-bond donors (Lipinski definition) is 2. The molecule has 0 amide bonds. The molecule has 19 heavy (non-hydrogen) atoms. The quantitative estimate of drug-likeness (QED) is 0.630. The van der Waals surface area contributed by atoms with Crippen LogP contribution in [0.5, 0.6) is 5.75 Å². The summed E-state index contributed by atoms with van der Waals surface area (Å²) < 4.78 is 5.95. The van der Waals surface area contributed by atoms with E-state index in [4.69, 9.17) is 15.9 Å². The molecule has 1 aromatic rings. The third kappa shape index (κ3) is 2.91. The number of ether oxygens (including phenoxy) is 1. The van der Waals surface area contributed by atoms with E-state index in [0.717, 1.165) is 18.6 Å². The van der Waals surface area contributed by atoms with Crippen LogP contribution in [0.3, 0.4) is 0 Å². The molecule has 3 heteroatoms. The van der Waals surface area contributed by atoms with Crippen LogP contribution in [-0.4, -0.2) is 12.4 Å². The Hall–Kier alpha value is -1.51. The molecular formula is C16H22N2O. The van der Waals surface area contributed by atoms with Gasteiger partial charge in [0.05, 0.1) is 12.4 Å². The number of fused-ring (bicyclic) bond motifs is 1. The van der Waals surface area contributed by atoms with Crippen molar-refractivity contribution in [3.8, 4) is 5.75 Å². The molecule has 102 valence electrons. The van der Waals surface area contributed by atoms with Crippen molar-refractivity contribution in [2.75, 3.05) is 6.61 Å². The molecule has 0 unspecified atom stereocenters. The smallest absolute Gasteiger partial charge is 0.119 e. The summed E-state index contributed by atoms with van der Waals surface area (Å²) in [5.41, 5.74) is 8.61. The Morgan fingerprint density at radius 2 is 1.95 bits per heavy atom. The maximum absolute atomic E-state index is 7.42. The second-order valence-electron chi connectivity index (χ2n) is 6.13. The molecule has 3 N–H and O–H groups in total. The van der Waals surface area contributed by atoms with Gasteiger partial charge in [0.15, 0.2) is 0 Å². The Kier molecular flexibility index (Phi) is 3.21. The minimum atomic E-state index is 0.155. The molecular weight excluding hydrogens is 236 g/mol. The highest BCUT2D eigenvalue weighted by molar-refractivity contribution is 5.78. The number of benzene rings is 1. The van der Waals surface area contributed by atoms with Gasteiger partial charge in [-0.2, -0.15) is 0 Å². The zero-order valence-corrected chi connectivity index (χ0v) is 11.4. The van der Waals surface area contributed by atoms with Crippen LogP contribution in [0.1, 0.15) is 43.2 Å². The predicted molar refractivity (Wildman–Crippen MR) is 76.8 cm³/mol. The fraction of sp³-hybridized carbons (Fsp3) is 0.562. The highest BCUT2D eigenvalue weighted by Gasteiger charge is 2.44. The molecule has 1 fully saturated rings. The Labute approximate surface area is 114 Å². The van der Waals surface area contributed by atoms with Crippen LogP contribution in [0.2, 0.25) is 0 Å². The van der Waals surface area contributed by atoms with Gasteiger partial charge in [0.1, 0.15) is 5.75 Å². The van der Waals surface area contributed by atoms with Crippen LogP contribution >= 0.6 is 0 Å². The van der Waals surface area contributed by atoms with E-state index in [2.05, 4.69) is 18.2 Å². The van der Waals surface area contributed by atoms with Crippen molar-refractivity contribution in [2.45, 2.75) is 44.9 Å². The molecule has 0 heterocycles. The van der Waals surface area contributed by atoms with Gasteiger partial charge in [0.2, 0.25) is 0 Å². The summed E-state index contributed by atoms with van der Waals surface area (Å²) in [4.78, 5) is 0. The first-order valence-electron chi connectivity index (χ1n) is 7.24. The van der Waals surface area contributed by atoms with Crippen molar-refractivity contribution >= 4 is 5.84 Å². The number of amidine groups is 1. The summed E-state index contributed by atoms with van der Waals surface area (Å²) in [6, 6.07) is 6.51.